The van der Waals surface area contributed by atoms with E-state index >= 15 is 0 Å². The van der Waals surface area contributed by atoms with Crippen LogP contribution in [0.3, 0.4) is 0 Å². The predicted octanol–water partition coefficient (Wildman–Crippen LogP) is 1.47. The first-order valence-corrected chi connectivity index (χ1v) is 3.97. The van der Waals surface area contributed by atoms with E-state index in [0.29, 0.717) is 11.3 Å². The van der Waals surface area contributed by atoms with Crippen molar-refractivity contribution in [3.8, 4) is 0 Å². The van der Waals surface area contributed by atoms with Gasteiger partial charge in [-0.1, -0.05) is 12.8 Å². The fourth-order valence-electron chi connectivity index (χ4n) is 0.804. The Morgan fingerprint density at radius 3 is 2.38 bits per heavy atom. The molecule has 1 rings (SSSR count). The fourth-order valence-corrected chi connectivity index (χ4v) is 0.860. The van der Waals surface area contributed by atoms with Crippen LogP contribution in [-0.2, 0) is 0 Å². The predicted molar refractivity (Wildman–Crippen MR) is 53.0 cm³/mol. The molecule has 0 radical (unpaired) electrons. The van der Waals surface area contributed by atoms with Crippen LogP contribution in [0.5, 0.6) is 0 Å². The average molecular weight is 196 g/mol. The molecule has 0 saturated heterocycles. The van der Waals surface area contributed by atoms with Crippen molar-refractivity contribution in [3.63, 3.8) is 0 Å². The van der Waals surface area contributed by atoms with Gasteiger partial charge in [0.2, 0.25) is 0 Å². The van der Waals surface area contributed by atoms with Crippen LogP contribution in [0, 0.1) is 0 Å². The van der Waals surface area contributed by atoms with Crippen LogP contribution < -0.4 is 10.0 Å². The minimum Gasteiger partial charge on any atom is -0.307 e. The minimum atomic E-state index is -0.415. The zero-order valence-corrected chi connectivity index (χ0v) is 7.54. The van der Waals surface area contributed by atoms with Crippen molar-refractivity contribution in [1.29, 1.82) is 0 Å². The van der Waals surface area contributed by atoms with Crippen LogP contribution in [-0.4, -0.2) is 12.3 Å². The number of hydrogen-bond donors (Lipinski definition) is 3. The second kappa shape index (κ2) is 4.51. The Morgan fingerprint density at radius 2 is 1.92 bits per heavy atom. The van der Waals surface area contributed by atoms with Gasteiger partial charge in [0.05, 0.1) is 0 Å². The normalized spacial score (nSPS) is 9.00. The molecule has 0 saturated carbocycles. The Bertz CT molecular complexity index is 310. The lowest BCUT2D eigenvalue weighted by molar-refractivity contribution is 0.112. The largest absolute Gasteiger partial charge is 0.329 e. The van der Waals surface area contributed by atoms with Crippen LogP contribution in [0.25, 0.3) is 0 Å². The maximum atomic E-state index is 10.8. The van der Waals surface area contributed by atoms with Crippen LogP contribution in [0.2, 0.25) is 0 Å². The number of urea groups is 1. The van der Waals surface area contributed by atoms with Crippen molar-refractivity contribution in [3.05, 3.63) is 29.8 Å². The summed E-state index contributed by atoms with van der Waals surface area (Å²) in [7, 11) is 0. The average Bonchev–Trinajstić information content (AvgIpc) is 2.19. The zero-order chi connectivity index (χ0) is 9.68. The molecule has 13 heavy (non-hydrogen) atoms. The number of carbonyl (C=O) groups excluding carboxylic acids is 2. The number of anilines is 1. The maximum Gasteiger partial charge on any atom is 0.329 e. The van der Waals surface area contributed by atoms with E-state index in [1.165, 1.54) is 0 Å². The third-order valence-electron chi connectivity index (χ3n) is 1.41. The molecule has 0 bridgehead atoms. The highest BCUT2D eigenvalue weighted by atomic mass is 32.1. The molecule has 0 aliphatic carbocycles. The van der Waals surface area contributed by atoms with Crippen LogP contribution in [0.4, 0.5) is 10.5 Å². The van der Waals surface area contributed by atoms with Crippen LogP contribution in [0.15, 0.2) is 24.3 Å². The second-order valence-corrected chi connectivity index (χ2v) is 2.53. The van der Waals surface area contributed by atoms with Crippen molar-refractivity contribution in [1.82, 2.24) is 4.72 Å². The highest BCUT2D eigenvalue weighted by Gasteiger charge is 1.97. The molecule has 1 aromatic rings. The number of hydrogen-bond acceptors (Lipinski definition) is 3. The van der Waals surface area contributed by atoms with Gasteiger partial charge in [-0.25, -0.2) is 4.79 Å². The summed E-state index contributed by atoms with van der Waals surface area (Å²) in [5, 5.41) is 2.50. The first-order chi connectivity index (χ1) is 6.26. The number of nitrogens with one attached hydrogen (secondary N) is 2. The minimum absolute atomic E-state index is 0.415. The monoisotopic (exact) mass is 196 g/mol. The topological polar surface area (TPSA) is 58.2 Å². The van der Waals surface area contributed by atoms with Gasteiger partial charge in [0.1, 0.15) is 6.29 Å². The Kier molecular flexibility index (Phi) is 3.33. The van der Waals surface area contributed by atoms with Gasteiger partial charge in [-0.3, -0.25) is 9.52 Å². The lowest BCUT2D eigenvalue weighted by atomic mass is 10.2. The standard InChI is InChI=1S/C8H8N2O2S/c11-5-6-1-3-7(4-2-6)9-8(12)10-13/h1-5,13H,(H2,9,10,12). The van der Waals surface area contributed by atoms with Gasteiger partial charge in [-0.15, -0.1) is 0 Å². The molecule has 0 aliphatic rings. The van der Waals surface area contributed by atoms with E-state index < -0.39 is 6.03 Å². The summed E-state index contributed by atoms with van der Waals surface area (Å²) in [4.78, 5) is 21.1. The van der Waals surface area contributed by atoms with Crippen molar-refractivity contribution in [2.24, 2.45) is 0 Å². The lowest BCUT2D eigenvalue weighted by Crippen LogP contribution is -2.20. The second-order valence-electron chi connectivity index (χ2n) is 2.31. The van der Waals surface area contributed by atoms with E-state index in [9.17, 15) is 9.59 Å². The highest BCUT2D eigenvalue weighted by molar-refractivity contribution is 7.78. The molecular weight excluding hydrogens is 188 g/mol. The zero-order valence-electron chi connectivity index (χ0n) is 6.65. The molecule has 1 aromatic carbocycles. The summed E-state index contributed by atoms with van der Waals surface area (Å²) in [5.74, 6) is 0. The number of rotatable bonds is 2. The van der Waals surface area contributed by atoms with Gasteiger partial charge in [0, 0.05) is 11.3 Å². The van der Waals surface area contributed by atoms with E-state index in [0.717, 1.165) is 6.29 Å². The molecular formula is C8H8N2O2S. The summed E-state index contributed by atoms with van der Waals surface area (Å²) < 4.78 is 2.12. The van der Waals surface area contributed by atoms with E-state index in [2.05, 4.69) is 22.9 Å². The third kappa shape index (κ3) is 2.79. The summed E-state index contributed by atoms with van der Waals surface area (Å²) in [6.45, 7) is 0. The quantitative estimate of drug-likeness (QED) is 0.495. The molecule has 68 valence electrons. The first-order valence-electron chi connectivity index (χ1n) is 3.52. The Morgan fingerprint density at radius 1 is 1.31 bits per heavy atom. The van der Waals surface area contributed by atoms with Gasteiger partial charge < -0.3 is 5.32 Å². The van der Waals surface area contributed by atoms with Gasteiger partial charge in [-0.2, -0.15) is 0 Å². The number of benzene rings is 1. The van der Waals surface area contributed by atoms with Crippen LogP contribution >= 0.6 is 12.8 Å². The molecule has 0 aliphatic heterocycles. The van der Waals surface area contributed by atoms with E-state index in [1.54, 1.807) is 24.3 Å². The summed E-state index contributed by atoms with van der Waals surface area (Å²) in [6, 6.07) is 6.07. The molecule has 0 aromatic heterocycles. The van der Waals surface area contributed by atoms with Gasteiger partial charge >= 0.3 is 6.03 Å². The van der Waals surface area contributed by atoms with Crippen molar-refractivity contribution < 1.29 is 9.59 Å². The summed E-state index contributed by atoms with van der Waals surface area (Å²) in [6.07, 6.45) is 0.739. The smallest absolute Gasteiger partial charge is 0.307 e. The molecule has 2 N–H and O–H groups in total. The molecule has 0 heterocycles. The Hall–Kier alpha value is -1.49. The van der Waals surface area contributed by atoms with Gasteiger partial charge in [-0.05, 0) is 24.3 Å². The summed E-state index contributed by atoms with van der Waals surface area (Å²) in [5.41, 5.74) is 1.17. The van der Waals surface area contributed by atoms with E-state index in [1.807, 2.05) is 0 Å². The molecule has 0 fully saturated rings. The van der Waals surface area contributed by atoms with Crippen molar-refractivity contribution in [2.75, 3.05) is 5.32 Å². The highest BCUT2D eigenvalue weighted by Crippen LogP contribution is 2.07. The lowest BCUT2D eigenvalue weighted by Gasteiger charge is -2.02. The molecule has 0 atom stereocenters. The molecule has 0 spiro atoms. The third-order valence-corrected chi connectivity index (χ3v) is 1.61. The molecule has 0 unspecified atom stereocenters. The SMILES string of the molecule is O=Cc1ccc(NC(=O)NS)cc1. The Labute approximate surface area is 80.9 Å². The summed E-state index contributed by atoms with van der Waals surface area (Å²) >= 11 is 3.57. The number of carbonyl (C=O) groups is 2. The van der Waals surface area contributed by atoms with E-state index in [-0.39, 0.29) is 0 Å². The van der Waals surface area contributed by atoms with Crippen molar-refractivity contribution >= 4 is 30.8 Å². The molecule has 2 amide bonds. The first kappa shape index (κ1) is 9.60. The van der Waals surface area contributed by atoms with Crippen molar-refractivity contribution in [2.45, 2.75) is 0 Å². The van der Waals surface area contributed by atoms with Crippen LogP contribution in [0.1, 0.15) is 10.4 Å². The number of thiol groups is 1. The number of amides is 2. The molecule has 5 heteroatoms. The maximum absolute atomic E-state index is 10.8. The fraction of sp³-hybridized carbons (Fsp3) is 0. The van der Waals surface area contributed by atoms with Gasteiger partial charge in [0.15, 0.2) is 0 Å². The van der Waals surface area contributed by atoms with Gasteiger partial charge in [0.25, 0.3) is 0 Å². The van der Waals surface area contributed by atoms with E-state index in [4.69, 9.17) is 0 Å². The molecule has 4 nitrogen and oxygen atoms in total. The Balaban J connectivity index is 2.69. The number of aldehydes is 1.